The van der Waals surface area contributed by atoms with E-state index >= 15 is 0 Å². The van der Waals surface area contributed by atoms with Crippen LogP contribution in [0.5, 0.6) is 11.5 Å². The van der Waals surface area contributed by atoms with Crippen molar-refractivity contribution in [1.82, 2.24) is 58.4 Å². The van der Waals surface area contributed by atoms with Crippen LogP contribution < -0.4 is 20.9 Å². The number of aromatic nitrogens is 10. The minimum Gasteiger partial charge on any atom is -0.495 e. The summed E-state index contributed by atoms with van der Waals surface area (Å²) in [7, 11) is 1.48. The van der Waals surface area contributed by atoms with Gasteiger partial charge in [0, 0.05) is 80.8 Å². The van der Waals surface area contributed by atoms with E-state index in [0.29, 0.717) is 118 Å². The molecule has 1 aliphatic heterocycles. The molecule has 8 aromatic rings. The summed E-state index contributed by atoms with van der Waals surface area (Å²) in [6, 6.07) is 10.2. The number of rotatable bonds is 19. The van der Waals surface area contributed by atoms with Gasteiger partial charge in [-0.2, -0.15) is 10.2 Å². The normalized spacial score (nSPS) is 13.3. The van der Waals surface area contributed by atoms with Gasteiger partial charge in [0.1, 0.15) is 51.1 Å². The second-order valence-electron chi connectivity index (χ2n) is 17.2. The number of morpholine rings is 1. The van der Waals surface area contributed by atoms with Gasteiger partial charge in [0.05, 0.1) is 60.1 Å². The maximum absolute atomic E-state index is 13.9. The number of hydrogen-bond acceptors (Lipinski definition) is 14. The quantitative estimate of drug-likeness (QED) is 0.0712. The maximum atomic E-state index is 13.9. The van der Waals surface area contributed by atoms with Crippen molar-refractivity contribution in [3.05, 3.63) is 69.2 Å². The summed E-state index contributed by atoms with van der Waals surface area (Å²) in [5.41, 5.74) is 16.8. The van der Waals surface area contributed by atoms with Gasteiger partial charge in [-0.05, 0) is 70.5 Å². The highest BCUT2D eigenvalue weighted by molar-refractivity contribution is 6.37. The largest absolute Gasteiger partial charge is 0.495 e. The van der Waals surface area contributed by atoms with Crippen molar-refractivity contribution in [2.75, 3.05) is 66.3 Å². The number of carbonyl (C=O) groups is 3. The third-order valence-corrected chi connectivity index (χ3v) is 13.3. The summed E-state index contributed by atoms with van der Waals surface area (Å²) < 4.78 is 25.3. The fraction of sp³-hybridized carbons (Fsp3) is 0.396. The standard InChI is InChI=1S/C48H54Cl2N14O7/c1-6-63-32(19-26(3)57-63)45-53-41(49)37-30-21-28(43(51)67)23-34(69-5)39(30)61(47(37)55-45)12-10-60(36(66)25-65)11-13-62-40-31(38-42(50)54-46(56-48(38)62)33-20-27(4)58-64(33)7-2)22-29(44(52)68)24-35(40)71-16-8-9-59-14-17-70-18-15-59/h19-24,65H,6-18,25H2,1-5H3,(H2,51,67)(H2,52,68). The van der Waals surface area contributed by atoms with Gasteiger partial charge in [0.25, 0.3) is 0 Å². The van der Waals surface area contributed by atoms with Crippen molar-refractivity contribution >= 4 is 84.8 Å². The summed E-state index contributed by atoms with van der Waals surface area (Å²) in [5, 5.41) is 21.8. The van der Waals surface area contributed by atoms with E-state index in [0.717, 1.165) is 31.0 Å². The predicted octanol–water partition coefficient (Wildman–Crippen LogP) is 5.00. The van der Waals surface area contributed by atoms with Crippen LogP contribution in [0.25, 0.3) is 66.9 Å². The Morgan fingerprint density at radius 1 is 0.732 bits per heavy atom. The van der Waals surface area contributed by atoms with Crippen molar-refractivity contribution in [2.24, 2.45) is 11.5 Å². The molecule has 1 saturated heterocycles. The Balaban J connectivity index is 1.15. The van der Waals surface area contributed by atoms with E-state index in [1.165, 1.54) is 12.0 Å². The van der Waals surface area contributed by atoms with E-state index in [9.17, 15) is 19.5 Å². The Morgan fingerprint density at radius 3 is 1.69 bits per heavy atom. The minimum atomic E-state index is -0.790. The lowest BCUT2D eigenvalue weighted by molar-refractivity contribution is -0.134. The molecule has 372 valence electrons. The zero-order chi connectivity index (χ0) is 50.2. The smallest absolute Gasteiger partial charge is 0.248 e. The van der Waals surface area contributed by atoms with Gasteiger partial charge in [0.15, 0.2) is 11.6 Å². The van der Waals surface area contributed by atoms with Crippen LogP contribution in [0.2, 0.25) is 10.3 Å². The Morgan fingerprint density at radius 2 is 1.23 bits per heavy atom. The highest BCUT2D eigenvalue weighted by Gasteiger charge is 2.28. The van der Waals surface area contributed by atoms with Crippen molar-refractivity contribution in [1.29, 1.82) is 0 Å². The zero-order valence-corrected chi connectivity index (χ0v) is 41.5. The SMILES string of the molecule is CCn1nc(C)cc1-c1nc(Cl)c2c3cc(C(N)=O)cc(OC)c3n(CCN(CCn3c4nc(-c5cc(C)nn5CC)nc(Cl)c4c4cc(C(N)=O)cc(OCCCN5CCOCC5)c43)C(=O)CO)c2n1. The molecular formula is C48H54Cl2N14O7. The van der Waals surface area contributed by atoms with E-state index < -0.39 is 24.3 Å². The van der Waals surface area contributed by atoms with Gasteiger partial charge in [-0.15, -0.1) is 0 Å². The summed E-state index contributed by atoms with van der Waals surface area (Å²) in [6.07, 6.45) is 0.684. The molecule has 0 radical (unpaired) electrons. The van der Waals surface area contributed by atoms with E-state index in [1.54, 1.807) is 33.6 Å². The summed E-state index contributed by atoms with van der Waals surface area (Å²) >= 11 is 14.2. The molecule has 2 aromatic carbocycles. The number of amides is 3. The molecule has 0 atom stereocenters. The molecule has 3 amide bonds. The van der Waals surface area contributed by atoms with Gasteiger partial charge < -0.3 is 44.8 Å². The van der Waals surface area contributed by atoms with Crippen molar-refractivity contribution < 1.29 is 33.7 Å². The van der Waals surface area contributed by atoms with Crippen LogP contribution in [-0.4, -0.2) is 148 Å². The number of carbonyl (C=O) groups excluding carboxylic acids is 3. The molecule has 0 bridgehead atoms. The van der Waals surface area contributed by atoms with Crippen LogP contribution in [0, 0.1) is 13.8 Å². The van der Waals surface area contributed by atoms with Gasteiger partial charge in [-0.1, -0.05) is 23.2 Å². The van der Waals surface area contributed by atoms with Gasteiger partial charge in [0.2, 0.25) is 17.7 Å². The zero-order valence-electron chi connectivity index (χ0n) is 40.0. The highest BCUT2D eigenvalue weighted by Crippen LogP contribution is 2.41. The fourth-order valence-electron chi connectivity index (χ4n) is 9.41. The van der Waals surface area contributed by atoms with Crippen LogP contribution in [0.3, 0.4) is 0 Å². The van der Waals surface area contributed by atoms with E-state index in [1.807, 2.05) is 49.0 Å². The van der Waals surface area contributed by atoms with Crippen LogP contribution in [0.1, 0.15) is 52.4 Å². The third-order valence-electron chi connectivity index (χ3n) is 12.7. The first-order valence-electron chi connectivity index (χ1n) is 23.3. The van der Waals surface area contributed by atoms with Crippen molar-refractivity contribution in [2.45, 2.75) is 60.3 Å². The molecule has 0 spiro atoms. The van der Waals surface area contributed by atoms with E-state index in [-0.39, 0.29) is 47.6 Å². The number of nitrogens with two attached hydrogens (primary N) is 2. The molecule has 5 N–H and O–H groups in total. The number of ether oxygens (including phenoxy) is 3. The first kappa shape index (κ1) is 49.1. The molecule has 71 heavy (non-hydrogen) atoms. The first-order valence-corrected chi connectivity index (χ1v) is 24.1. The van der Waals surface area contributed by atoms with Crippen LogP contribution in [0.15, 0.2) is 36.4 Å². The topological polar surface area (TPSA) is 255 Å². The molecule has 0 unspecified atom stereocenters. The fourth-order valence-corrected chi connectivity index (χ4v) is 9.94. The van der Waals surface area contributed by atoms with Crippen LogP contribution in [0.4, 0.5) is 0 Å². The molecule has 0 saturated carbocycles. The summed E-state index contributed by atoms with van der Waals surface area (Å²) in [6.45, 7) is 12.4. The second kappa shape index (κ2) is 20.4. The van der Waals surface area contributed by atoms with Crippen LogP contribution >= 0.6 is 23.2 Å². The van der Waals surface area contributed by atoms with Gasteiger partial charge >= 0.3 is 0 Å². The molecule has 1 fully saturated rings. The average Bonchev–Trinajstić information content (AvgIpc) is 4.12. The van der Waals surface area contributed by atoms with Crippen LogP contribution in [-0.2, 0) is 35.7 Å². The molecule has 7 heterocycles. The Kier molecular flexibility index (Phi) is 14.1. The second-order valence-corrected chi connectivity index (χ2v) is 17.9. The first-order chi connectivity index (χ1) is 34.2. The number of primary amides is 2. The van der Waals surface area contributed by atoms with Crippen molar-refractivity contribution in [3.8, 4) is 34.5 Å². The number of aliphatic hydroxyl groups is 1. The molecule has 6 aromatic heterocycles. The number of methoxy groups -OCH3 is 1. The van der Waals surface area contributed by atoms with E-state index in [4.69, 9.17) is 68.8 Å². The summed E-state index contributed by atoms with van der Waals surface area (Å²) in [5.74, 6) is -0.597. The number of aliphatic hydroxyl groups excluding tert-OH is 1. The number of aryl methyl sites for hydroxylation is 4. The monoisotopic (exact) mass is 1010 g/mol. The Bertz CT molecular complexity index is 3370. The maximum Gasteiger partial charge on any atom is 0.248 e. The van der Waals surface area contributed by atoms with Gasteiger partial charge in [-0.25, -0.2) is 19.9 Å². The molecule has 23 heteroatoms. The number of benzene rings is 2. The Labute approximate surface area is 417 Å². The molecular weight excluding hydrogens is 956 g/mol. The van der Waals surface area contributed by atoms with E-state index in [2.05, 4.69) is 15.1 Å². The summed E-state index contributed by atoms with van der Waals surface area (Å²) in [4.78, 5) is 62.9. The minimum absolute atomic E-state index is 0.0469. The lowest BCUT2D eigenvalue weighted by Gasteiger charge is -2.26. The molecule has 21 nitrogen and oxygen atoms in total. The lowest BCUT2D eigenvalue weighted by atomic mass is 10.1. The number of hydrogen-bond donors (Lipinski definition) is 3. The molecule has 0 aliphatic carbocycles. The predicted molar refractivity (Wildman–Crippen MR) is 268 cm³/mol. The average molecular weight is 1010 g/mol. The number of fused-ring (bicyclic) bond motifs is 6. The number of nitrogens with zero attached hydrogens (tertiary/aromatic N) is 12. The third kappa shape index (κ3) is 9.42. The Hall–Kier alpha value is -6.91. The molecule has 1 aliphatic rings. The van der Waals surface area contributed by atoms with Gasteiger partial charge in [-0.3, -0.25) is 28.6 Å². The lowest BCUT2D eigenvalue weighted by Crippen LogP contribution is -2.38. The number of halogens is 2. The molecule has 9 rings (SSSR count). The van der Waals surface area contributed by atoms with Crippen molar-refractivity contribution in [3.63, 3.8) is 0 Å². The highest BCUT2D eigenvalue weighted by atomic mass is 35.5.